The molecule has 1 N–H and O–H groups in total. The number of anilines is 2. The Labute approximate surface area is 136 Å². The number of hydrogen-bond donors (Lipinski definition) is 1. The third-order valence-corrected chi connectivity index (χ3v) is 4.95. The van der Waals surface area contributed by atoms with Crippen molar-refractivity contribution in [1.29, 1.82) is 0 Å². The van der Waals surface area contributed by atoms with E-state index in [1.807, 2.05) is 12.1 Å². The number of carbonyl (C=O) groups is 1. The molecular formula is C20H21NO2. The first-order valence-corrected chi connectivity index (χ1v) is 8.34. The summed E-state index contributed by atoms with van der Waals surface area (Å²) in [6.07, 6.45) is 5.24. The first-order chi connectivity index (χ1) is 11.1. The maximum absolute atomic E-state index is 11.0. The smallest absolute Gasteiger partial charge is 0.335 e. The fourth-order valence-corrected chi connectivity index (χ4v) is 3.13. The molecule has 0 radical (unpaired) electrons. The largest absolute Gasteiger partial charge is 0.478 e. The SMILES string of the molecule is CN(c1ccc(C(=O)O)cc1)c1cc(C2CC2)cc(C2CC2)c1. The van der Waals surface area contributed by atoms with Crippen molar-refractivity contribution in [2.24, 2.45) is 0 Å². The molecule has 0 aliphatic heterocycles. The molecular weight excluding hydrogens is 286 g/mol. The van der Waals surface area contributed by atoms with Crippen molar-refractivity contribution >= 4 is 17.3 Å². The Hall–Kier alpha value is -2.29. The van der Waals surface area contributed by atoms with E-state index in [2.05, 4.69) is 30.1 Å². The molecule has 118 valence electrons. The lowest BCUT2D eigenvalue weighted by atomic mass is 10.0. The Balaban J connectivity index is 1.66. The molecule has 0 amide bonds. The van der Waals surface area contributed by atoms with Gasteiger partial charge in [0, 0.05) is 18.4 Å². The molecule has 0 spiro atoms. The minimum atomic E-state index is -0.883. The second kappa shape index (κ2) is 5.41. The number of rotatable bonds is 5. The van der Waals surface area contributed by atoms with E-state index in [-0.39, 0.29) is 0 Å². The normalized spacial score (nSPS) is 17.1. The molecule has 2 saturated carbocycles. The highest BCUT2D eigenvalue weighted by Gasteiger charge is 2.29. The summed E-state index contributed by atoms with van der Waals surface area (Å²) in [4.78, 5) is 13.1. The topological polar surface area (TPSA) is 40.5 Å². The van der Waals surface area contributed by atoms with Crippen LogP contribution in [-0.4, -0.2) is 18.1 Å². The van der Waals surface area contributed by atoms with Crippen LogP contribution in [0.25, 0.3) is 0 Å². The summed E-state index contributed by atoms with van der Waals surface area (Å²) < 4.78 is 0. The van der Waals surface area contributed by atoms with Gasteiger partial charge >= 0.3 is 5.97 Å². The number of carboxylic acids is 1. The predicted octanol–water partition coefficient (Wildman–Crippen LogP) is 4.91. The third kappa shape index (κ3) is 2.96. The lowest BCUT2D eigenvalue weighted by molar-refractivity contribution is 0.0697. The minimum absolute atomic E-state index is 0.326. The van der Waals surface area contributed by atoms with Crippen molar-refractivity contribution in [3.05, 3.63) is 59.2 Å². The summed E-state index contributed by atoms with van der Waals surface area (Å²) in [5.41, 5.74) is 5.49. The fraction of sp³-hybridized carbons (Fsp3) is 0.350. The average Bonchev–Trinajstić information content (AvgIpc) is 3.46. The molecule has 2 aromatic rings. The van der Waals surface area contributed by atoms with Gasteiger partial charge in [-0.3, -0.25) is 0 Å². The second-order valence-electron chi connectivity index (χ2n) is 6.82. The molecule has 0 atom stereocenters. The maximum atomic E-state index is 11.0. The zero-order valence-electron chi connectivity index (χ0n) is 13.3. The zero-order valence-corrected chi connectivity index (χ0v) is 13.3. The van der Waals surface area contributed by atoms with Crippen LogP contribution in [0.3, 0.4) is 0 Å². The van der Waals surface area contributed by atoms with E-state index >= 15 is 0 Å². The Morgan fingerprint density at radius 3 is 1.87 bits per heavy atom. The van der Waals surface area contributed by atoms with E-state index in [1.54, 1.807) is 12.1 Å². The predicted molar refractivity (Wildman–Crippen MR) is 91.9 cm³/mol. The van der Waals surface area contributed by atoms with Crippen LogP contribution in [0.15, 0.2) is 42.5 Å². The monoisotopic (exact) mass is 307 g/mol. The van der Waals surface area contributed by atoms with Crippen LogP contribution in [-0.2, 0) is 0 Å². The molecule has 0 unspecified atom stereocenters. The minimum Gasteiger partial charge on any atom is -0.478 e. The summed E-state index contributed by atoms with van der Waals surface area (Å²) in [6, 6.07) is 14.1. The molecule has 4 rings (SSSR count). The molecule has 0 saturated heterocycles. The van der Waals surface area contributed by atoms with Crippen LogP contribution in [0.2, 0.25) is 0 Å². The molecule has 2 aliphatic rings. The van der Waals surface area contributed by atoms with Gasteiger partial charge in [-0.15, -0.1) is 0 Å². The highest BCUT2D eigenvalue weighted by molar-refractivity contribution is 5.88. The van der Waals surface area contributed by atoms with E-state index < -0.39 is 5.97 Å². The van der Waals surface area contributed by atoms with Gasteiger partial charge in [0.15, 0.2) is 0 Å². The molecule has 3 heteroatoms. The molecule has 2 aromatic carbocycles. The van der Waals surface area contributed by atoms with Crippen LogP contribution in [0.1, 0.15) is 59.0 Å². The van der Waals surface area contributed by atoms with Gasteiger partial charge in [0.25, 0.3) is 0 Å². The van der Waals surface area contributed by atoms with Gasteiger partial charge in [0.1, 0.15) is 0 Å². The Bertz CT molecular complexity index is 712. The van der Waals surface area contributed by atoms with Gasteiger partial charge in [-0.05, 0) is 85.0 Å². The van der Waals surface area contributed by atoms with Crippen molar-refractivity contribution in [3.63, 3.8) is 0 Å². The van der Waals surface area contributed by atoms with Gasteiger partial charge in [-0.1, -0.05) is 6.07 Å². The highest BCUT2D eigenvalue weighted by atomic mass is 16.4. The van der Waals surface area contributed by atoms with Crippen LogP contribution < -0.4 is 4.90 Å². The van der Waals surface area contributed by atoms with E-state index in [9.17, 15) is 4.79 Å². The van der Waals surface area contributed by atoms with Gasteiger partial charge < -0.3 is 10.0 Å². The molecule has 0 bridgehead atoms. The van der Waals surface area contributed by atoms with Gasteiger partial charge in [-0.25, -0.2) is 4.79 Å². The van der Waals surface area contributed by atoms with E-state index in [0.29, 0.717) is 5.56 Å². The molecule has 0 heterocycles. The molecule has 3 nitrogen and oxygen atoms in total. The zero-order chi connectivity index (χ0) is 16.0. The van der Waals surface area contributed by atoms with E-state index in [0.717, 1.165) is 17.5 Å². The summed E-state index contributed by atoms with van der Waals surface area (Å²) in [5, 5.41) is 9.03. The number of benzene rings is 2. The first kappa shape index (κ1) is 14.3. The fourth-order valence-electron chi connectivity index (χ4n) is 3.13. The number of nitrogens with zero attached hydrogens (tertiary/aromatic N) is 1. The quantitative estimate of drug-likeness (QED) is 0.853. The lowest BCUT2D eigenvalue weighted by Crippen LogP contribution is -2.10. The molecule has 23 heavy (non-hydrogen) atoms. The van der Waals surface area contributed by atoms with Crippen molar-refractivity contribution in [1.82, 2.24) is 0 Å². The summed E-state index contributed by atoms with van der Waals surface area (Å²) >= 11 is 0. The van der Waals surface area contributed by atoms with Crippen molar-refractivity contribution in [2.75, 3.05) is 11.9 Å². The summed E-state index contributed by atoms with van der Waals surface area (Å²) in [5.74, 6) is 0.608. The van der Waals surface area contributed by atoms with Crippen LogP contribution in [0.5, 0.6) is 0 Å². The Kier molecular flexibility index (Phi) is 3.37. The van der Waals surface area contributed by atoms with Crippen LogP contribution in [0, 0.1) is 0 Å². The van der Waals surface area contributed by atoms with Crippen molar-refractivity contribution in [2.45, 2.75) is 37.5 Å². The molecule has 0 aromatic heterocycles. The van der Waals surface area contributed by atoms with E-state index in [1.165, 1.54) is 42.5 Å². The second-order valence-corrected chi connectivity index (χ2v) is 6.82. The number of carboxylic acid groups (broad SMARTS) is 1. The van der Waals surface area contributed by atoms with Crippen molar-refractivity contribution < 1.29 is 9.90 Å². The van der Waals surface area contributed by atoms with E-state index in [4.69, 9.17) is 5.11 Å². The summed E-state index contributed by atoms with van der Waals surface area (Å²) in [6.45, 7) is 0. The number of aromatic carboxylic acids is 1. The summed E-state index contributed by atoms with van der Waals surface area (Å²) in [7, 11) is 2.05. The standard InChI is InChI=1S/C20H21NO2/c1-21(18-8-6-15(7-9-18)20(22)23)19-11-16(13-2-3-13)10-17(12-19)14-4-5-14/h6-14H,2-5H2,1H3,(H,22,23). The lowest BCUT2D eigenvalue weighted by Gasteiger charge is -2.22. The highest BCUT2D eigenvalue weighted by Crippen LogP contribution is 2.46. The van der Waals surface area contributed by atoms with Crippen molar-refractivity contribution in [3.8, 4) is 0 Å². The average molecular weight is 307 g/mol. The molecule has 2 fully saturated rings. The third-order valence-electron chi connectivity index (χ3n) is 4.95. The first-order valence-electron chi connectivity index (χ1n) is 8.34. The van der Waals surface area contributed by atoms with Crippen LogP contribution >= 0.6 is 0 Å². The maximum Gasteiger partial charge on any atom is 0.335 e. The van der Waals surface area contributed by atoms with Gasteiger partial charge in [0.05, 0.1) is 5.56 Å². The van der Waals surface area contributed by atoms with Crippen LogP contribution in [0.4, 0.5) is 11.4 Å². The Morgan fingerprint density at radius 1 is 0.913 bits per heavy atom. The van der Waals surface area contributed by atoms with Gasteiger partial charge in [0.2, 0.25) is 0 Å². The number of hydrogen-bond acceptors (Lipinski definition) is 2. The Morgan fingerprint density at radius 2 is 1.43 bits per heavy atom. The molecule has 2 aliphatic carbocycles. The van der Waals surface area contributed by atoms with Gasteiger partial charge in [-0.2, -0.15) is 0 Å².